The van der Waals surface area contributed by atoms with Crippen molar-refractivity contribution in [2.45, 2.75) is 18.9 Å². The number of aromatic hydroxyl groups is 1. The first-order valence-electron chi connectivity index (χ1n) is 4.39. The fourth-order valence-electron chi connectivity index (χ4n) is 1.16. The van der Waals surface area contributed by atoms with Gasteiger partial charge in [0.1, 0.15) is 0 Å². The number of pyridine rings is 1. The molecule has 1 heterocycles. The van der Waals surface area contributed by atoms with E-state index in [4.69, 9.17) is 5.11 Å². The van der Waals surface area contributed by atoms with Crippen LogP contribution in [0.4, 0.5) is 0 Å². The maximum absolute atomic E-state index is 11.4. The zero-order valence-electron chi connectivity index (χ0n) is 7.41. The van der Waals surface area contributed by atoms with Gasteiger partial charge >= 0.3 is 0 Å². The summed E-state index contributed by atoms with van der Waals surface area (Å²) in [5.41, 5.74) is -0.288. The van der Waals surface area contributed by atoms with E-state index < -0.39 is 5.56 Å². The lowest BCUT2D eigenvalue weighted by Gasteiger charge is -2.02. The first kappa shape index (κ1) is 8.80. The molecule has 5 nitrogen and oxygen atoms in total. The third kappa shape index (κ3) is 1.93. The van der Waals surface area contributed by atoms with Crippen LogP contribution in [0.5, 0.6) is 5.88 Å². The van der Waals surface area contributed by atoms with Crippen molar-refractivity contribution in [3.05, 3.63) is 28.0 Å². The fourth-order valence-corrected chi connectivity index (χ4v) is 1.16. The van der Waals surface area contributed by atoms with E-state index in [1.807, 2.05) is 0 Å². The number of carbonyl (C=O) groups excluding carboxylic acids is 1. The van der Waals surface area contributed by atoms with Crippen molar-refractivity contribution in [1.82, 2.24) is 10.3 Å². The molecule has 5 heteroatoms. The van der Waals surface area contributed by atoms with Crippen molar-refractivity contribution in [2.24, 2.45) is 0 Å². The van der Waals surface area contributed by atoms with Crippen LogP contribution in [0.25, 0.3) is 0 Å². The first-order chi connectivity index (χ1) is 6.65. The Balaban J connectivity index is 2.21. The van der Waals surface area contributed by atoms with Crippen molar-refractivity contribution in [2.75, 3.05) is 0 Å². The summed E-state index contributed by atoms with van der Waals surface area (Å²) in [6, 6.07) is 2.64. The summed E-state index contributed by atoms with van der Waals surface area (Å²) in [5.74, 6) is -0.604. The van der Waals surface area contributed by atoms with Crippen LogP contribution in [0.2, 0.25) is 0 Å². The van der Waals surface area contributed by atoms with Crippen LogP contribution >= 0.6 is 0 Å². The number of aromatic amines is 1. The highest BCUT2D eigenvalue weighted by atomic mass is 16.3. The largest absolute Gasteiger partial charge is 0.494 e. The average Bonchev–Trinajstić information content (AvgIpc) is 2.86. The molecule has 0 spiro atoms. The van der Waals surface area contributed by atoms with E-state index in [9.17, 15) is 9.59 Å². The number of aromatic nitrogens is 1. The minimum atomic E-state index is -0.481. The molecule has 1 aliphatic carbocycles. The van der Waals surface area contributed by atoms with E-state index >= 15 is 0 Å². The lowest BCUT2D eigenvalue weighted by atomic mass is 10.2. The summed E-state index contributed by atoms with van der Waals surface area (Å²) >= 11 is 0. The molecule has 1 amide bonds. The normalized spacial score (nSPS) is 15.1. The summed E-state index contributed by atoms with van der Waals surface area (Å²) in [6.07, 6.45) is 1.97. The van der Waals surface area contributed by atoms with Gasteiger partial charge in [0.25, 0.3) is 11.5 Å². The Kier molecular flexibility index (Phi) is 1.99. The zero-order chi connectivity index (χ0) is 10.1. The minimum Gasteiger partial charge on any atom is -0.494 e. The van der Waals surface area contributed by atoms with Crippen LogP contribution in [0, 0.1) is 0 Å². The molecule has 1 aromatic heterocycles. The third-order valence-electron chi connectivity index (χ3n) is 2.00. The maximum Gasteiger partial charge on any atom is 0.251 e. The van der Waals surface area contributed by atoms with Gasteiger partial charge in [-0.1, -0.05) is 0 Å². The highest BCUT2D eigenvalue weighted by molar-refractivity contribution is 5.94. The Morgan fingerprint density at radius 1 is 1.50 bits per heavy atom. The molecule has 0 aliphatic heterocycles. The number of hydrogen-bond donors (Lipinski definition) is 3. The Morgan fingerprint density at radius 2 is 2.21 bits per heavy atom. The summed E-state index contributed by atoms with van der Waals surface area (Å²) in [6.45, 7) is 0. The molecule has 0 aromatic carbocycles. The second-order valence-corrected chi connectivity index (χ2v) is 3.37. The molecule has 0 atom stereocenters. The monoisotopic (exact) mass is 194 g/mol. The molecule has 0 bridgehead atoms. The number of nitrogens with one attached hydrogen (secondary N) is 2. The number of carbonyl (C=O) groups is 1. The lowest BCUT2D eigenvalue weighted by molar-refractivity contribution is 0.0950. The standard InChI is InChI=1S/C9H10N2O3/c12-7-3-5(4-8(13)11-7)9(14)10-6-1-2-6/h3-4,6H,1-2H2,(H,10,14)(H2,11,12,13). The van der Waals surface area contributed by atoms with E-state index in [1.165, 1.54) is 6.07 Å². The first-order valence-corrected chi connectivity index (χ1v) is 4.39. The number of amides is 1. The van der Waals surface area contributed by atoms with Gasteiger partial charge in [0.15, 0.2) is 5.88 Å². The van der Waals surface area contributed by atoms with Crippen LogP contribution in [0.1, 0.15) is 23.2 Å². The molecular formula is C9H10N2O3. The second-order valence-electron chi connectivity index (χ2n) is 3.37. The topological polar surface area (TPSA) is 82.2 Å². The van der Waals surface area contributed by atoms with Gasteiger partial charge in [0.2, 0.25) is 0 Å². The quantitative estimate of drug-likeness (QED) is 0.618. The molecule has 1 aliphatic rings. The Morgan fingerprint density at radius 3 is 2.79 bits per heavy atom. The summed E-state index contributed by atoms with van der Waals surface area (Å²) in [5, 5.41) is 11.8. The molecule has 3 N–H and O–H groups in total. The van der Waals surface area contributed by atoms with E-state index in [1.54, 1.807) is 0 Å². The Labute approximate surface area is 79.8 Å². The predicted octanol–water partition coefficient (Wildman–Crippen LogP) is -0.0273. The molecule has 14 heavy (non-hydrogen) atoms. The molecule has 2 rings (SSSR count). The third-order valence-corrected chi connectivity index (χ3v) is 2.00. The van der Waals surface area contributed by atoms with Crippen LogP contribution in [0.15, 0.2) is 16.9 Å². The predicted molar refractivity (Wildman–Crippen MR) is 49.2 cm³/mol. The average molecular weight is 194 g/mol. The number of rotatable bonds is 2. The second kappa shape index (κ2) is 3.17. The number of H-pyrrole nitrogens is 1. The fraction of sp³-hybridized carbons (Fsp3) is 0.333. The van der Waals surface area contributed by atoms with Crippen molar-refractivity contribution in [3.63, 3.8) is 0 Å². The van der Waals surface area contributed by atoms with Crippen LogP contribution < -0.4 is 10.9 Å². The van der Waals surface area contributed by atoms with Crippen molar-refractivity contribution in [3.8, 4) is 5.88 Å². The van der Waals surface area contributed by atoms with Gasteiger partial charge in [-0.2, -0.15) is 0 Å². The van der Waals surface area contributed by atoms with Gasteiger partial charge < -0.3 is 10.4 Å². The molecular weight excluding hydrogens is 184 g/mol. The summed E-state index contributed by atoms with van der Waals surface area (Å²) in [4.78, 5) is 24.5. The van der Waals surface area contributed by atoms with Gasteiger partial charge in [-0.05, 0) is 12.8 Å². The molecule has 0 radical (unpaired) electrons. The van der Waals surface area contributed by atoms with Crippen molar-refractivity contribution in [1.29, 1.82) is 0 Å². The molecule has 1 aromatic rings. The van der Waals surface area contributed by atoms with E-state index in [0.29, 0.717) is 0 Å². The van der Waals surface area contributed by atoms with Crippen LogP contribution in [0.3, 0.4) is 0 Å². The highest BCUT2D eigenvalue weighted by Crippen LogP contribution is 2.19. The van der Waals surface area contributed by atoms with Gasteiger partial charge in [-0.15, -0.1) is 0 Å². The minimum absolute atomic E-state index is 0.193. The zero-order valence-corrected chi connectivity index (χ0v) is 7.41. The molecule has 1 saturated carbocycles. The number of hydrogen-bond acceptors (Lipinski definition) is 3. The van der Waals surface area contributed by atoms with Crippen molar-refractivity contribution >= 4 is 5.91 Å². The molecule has 74 valence electrons. The van der Waals surface area contributed by atoms with Crippen molar-refractivity contribution < 1.29 is 9.90 Å². The van der Waals surface area contributed by atoms with E-state index in [-0.39, 0.29) is 23.4 Å². The molecule has 0 saturated heterocycles. The van der Waals surface area contributed by atoms with Gasteiger partial charge in [-0.3, -0.25) is 14.6 Å². The molecule has 0 unspecified atom stereocenters. The van der Waals surface area contributed by atoms with Gasteiger partial charge in [-0.25, -0.2) is 0 Å². The van der Waals surface area contributed by atoms with Crippen LogP contribution in [-0.2, 0) is 0 Å². The lowest BCUT2D eigenvalue weighted by Crippen LogP contribution is -2.26. The van der Waals surface area contributed by atoms with E-state index in [0.717, 1.165) is 18.9 Å². The highest BCUT2D eigenvalue weighted by Gasteiger charge is 2.24. The Bertz CT molecular complexity index is 420. The smallest absolute Gasteiger partial charge is 0.251 e. The summed E-state index contributed by atoms with van der Waals surface area (Å²) < 4.78 is 0. The SMILES string of the molecule is O=C(NC1CC1)c1cc(O)[nH]c(=O)c1. The molecule has 1 fully saturated rings. The van der Waals surface area contributed by atoms with Crippen LogP contribution in [-0.4, -0.2) is 22.0 Å². The van der Waals surface area contributed by atoms with E-state index in [2.05, 4.69) is 10.3 Å². The van der Waals surface area contributed by atoms with Gasteiger partial charge in [0, 0.05) is 18.2 Å². The van der Waals surface area contributed by atoms with Gasteiger partial charge in [0.05, 0.1) is 5.56 Å². The maximum atomic E-state index is 11.4. The Hall–Kier alpha value is -1.78. The summed E-state index contributed by atoms with van der Waals surface area (Å²) in [7, 11) is 0.